The Labute approximate surface area is 186 Å². The molecule has 0 saturated heterocycles. The van der Waals surface area contributed by atoms with Crippen LogP contribution < -0.4 is 20.1 Å². The van der Waals surface area contributed by atoms with E-state index < -0.39 is 0 Å². The third-order valence-electron chi connectivity index (χ3n) is 5.34. The van der Waals surface area contributed by atoms with Gasteiger partial charge in [-0.3, -0.25) is 4.79 Å². The summed E-state index contributed by atoms with van der Waals surface area (Å²) < 4.78 is 10.8. The number of hydrogen-bond acceptors (Lipinski definition) is 5. The molecule has 0 bridgehead atoms. The number of rotatable bonds is 5. The first kappa shape index (κ1) is 19.9. The summed E-state index contributed by atoms with van der Waals surface area (Å²) in [6, 6.07) is 21.4. The normalized spacial score (nSPS) is 12.1. The van der Waals surface area contributed by atoms with Gasteiger partial charge < -0.3 is 20.1 Å². The largest absolute Gasteiger partial charge is 0.454 e. The molecule has 1 aliphatic rings. The molecular formula is C26H23N3O3. The Balaban J connectivity index is 1.42. The number of pyridine rings is 1. The Kier molecular flexibility index (Phi) is 5.11. The molecule has 0 radical (unpaired) electrons. The summed E-state index contributed by atoms with van der Waals surface area (Å²) >= 11 is 0. The van der Waals surface area contributed by atoms with Gasteiger partial charge in [-0.15, -0.1) is 0 Å². The molecule has 6 heteroatoms. The van der Waals surface area contributed by atoms with Crippen LogP contribution in [0.3, 0.4) is 0 Å². The summed E-state index contributed by atoms with van der Waals surface area (Å²) in [6.45, 7) is 4.72. The Morgan fingerprint density at radius 1 is 0.938 bits per heavy atom. The molecule has 1 aliphatic heterocycles. The summed E-state index contributed by atoms with van der Waals surface area (Å²) in [5, 5.41) is 7.18. The number of aryl methyl sites for hydroxylation is 2. The smallest absolute Gasteiger partial charge is 0.252 e. The average Bonchev–Trinajstić information content (AvgIpc) is 3.24. The standard InChI is InChI=1S/C26H23N3O3/c1-16-9-17(2)11-19(10-16)28-25-13-21(20-5-3-4-6-22(20)29-25)26(30)27-14-18-7-8-23-24(12-18)32-15-31-23/h3-13H,14-15H2,1-2H3,(H,27,30)(H,28,29). The van der Waals surface area contributed by atoms with Crippen molar-refractivity contribution in [3.05, 3.63) is 89.0 Å². The van der Waals surface area contributed by atoms with Crippen molar-refractivity contribution in [2.45, 2.75) is 20.4 Å². The van der Waals surface area contributed by atoms with Crippen LogP contribution in [-0.2, 0) is 6.54 Å². The van der Waals surface area contributed by atoms with Crippen molar-refractivity contribution in [1.29, 1.82) is 0 Å². The maximum atomic E-state index is 13.2. The summed E-state index contributed by atoms with van der Waals surface area (Å²) in [4.78, 5) is 17.9. The molecule has 2 N–H and O–H groups in total. The minimum atomic E-state index is -0.162. The van der Waals surface area contributed by atoms with Gasteiger partial charge in [0, 0.05) is 17.6 Å². The van der Waals surface area contributed by atoms with E-state index >= 15 is 0 Å². The van der Waals surface area contributed by atoms with Crippen LogP contribution >= 0.6 is 0 Å². The molecular weight excluding hydrogens is 402 g/mol. The first-order valence-corrected chi connectivity index (χ1v) is 10.5. The lowest BCUT2D eigenvalue weighted by molar-refractivity contribution is 0.0952. The third-order valence-corrected chi connectivity index (χ3v) is 5.34. The number of aromatic nitrogens is 1. The van der Waals surface area contributed by atoms with E-state index in [1.54, 1.807) is 6.07 Å². The molecule has 160 valence electrons. The van der Waals surface area contributed by atoms with Crippen molar-refractivity contribution in [2.75, 3.05) is 12.1 Å². The Hall–Kier alpha value is -4.06. The monoisotopic (exact) mass is 425 g/mol. The van der Waals surface area contributed by atoms with Crippen LogP contribution in [0.15, 0.2) is 66.7 Å². The number of carbonyl (C=O) groups is 1. The van der Waals surface area contributed by atoms with Crippen molar-refractivity contribution in [3.8, 4) is 11.5 Å². The van der Waals surface area contributed by atoms with E-state index in [4.69, 9.17) is 14.5 Å². The molecule has 6 nitrogen and oxygen atoms in total. The molecule has 1 aromatic heterocycles. The number of ether oxygens (including phenoxy) is 2. The highest BCUT2D eigenvalue weighted by Crippen LogP contribution is 2.32. The molecule has 5 rings (SSSR count). The van der Waals surface area contributed by atoms with Crippen molar-refractivity contribution in [1.82, 2.24) is 10.3 Å². The highest BCUT2D eigenvalue weighted by atomic mass is 16.7. The van der Waals surface area contributed by atoms with Gasteiger partial charge in [0.15, 0.2) is 11.5 Å². The molecule has 0 saturated carbocycles. The van der Waals surface area contributed by atoms with Gasteiger partial charge in [0.2, 0.25) is 6.79 Å². The minimum absolute atomic E-state index is 0.162. The summed E-state index contributed by atoms with van der Waals surface area (Å²) in [5.74, 6) is 1.89. The number of amides is 1. The van der Waals surface area contributed by atoms with Crippen LogP contribution in [0.1, 0.15) is 27.0 Å². The van der Waals surface area contributed by atoms with Gasteiger partial charge in [-0.25, -0.2) is 4.98 Å². The van der Waals surface area contributed by atoms with Crippen LogP contribution in [0.5, 0.6) is 11.5 Å². The highest BCUT2D eigenvalue weighted by molar-refractivity contribution is 6.07. The van der Waals surface area contributed by atoms with E-state index in [0.29, 0.717) is 23.7 Å². The van der Waals surface area contributed by atoms with Gasteiger partial charge in [-0.05, 0) is 66.9 Å². The number of anilines is 2. The lowest BCUT2D eigenvalue weighted by atomic mass is 10.1. The molecule has 4 aromatic rings. The van der Waals surface area contributed by atoms with Gasteiger partial charge in [-0.2, -0.15) is 0 Å². The third kappa shape index (κ3) is 4.07. The number of para-hydroxylation sites is 1. The Morgan fingerprint density at radius 3 is 2.56 bits per heavy atom. The van der Waals surface area contributed by atoms with E-state index in [9.17, 15) is 4.79 Å². The maximum Gasteiger partial charge on any atom is 0.252 e. The number of carbonyl (C=O) groups excluding carboxylic acids is 1. The number of benzene rings is 3. The van der Waals surface area contributed by atoms with Crippen LogP contribution in [0.2, 0.25) is 0 Å². The first-order chi connectivity index (χ1) is 15.5. The lowest BCUT2D eigenvalue weighted by Gasteiger charge is -2.13. The first-order valence-electron chi connectivity index (χ1n) is 10.5. The predicted octanol–water partition coefficient (Wildman–Crippen LogP) is 5.25. The van der Waals surface area contributed by atoms with E-state index in [0.717, 1.165) is 39.0 Å². The van der Waals surface area contributed by atoms with Gasteiger partial charge in [0.1, 0.15) is 5.82 Å². The zero-order chi connectivity index (χ0) is 22.1. The average molecular weight is 425 g/mol. The van der Waals surface area contributed by atoms with Gasteiger partial charge in [-0.1, -0.05) is 30.3 Å². The predicted molar refractivity (Wildman–Crippen MR) is 125 cm³/mol. The topological polar surface area (TPSA) is 72.5 Å². The van der Waals surface area contributed by atoms with E-state index in [-0.39, 0.29) is 12.7 Å². The number of nitrogens with zero attached hydrogens (tertiary/aromatic N) is 1. The highest BCUT2D eigenvalue weighted by Gasteiger charge is 2.16. The lowest BCUT2D eigenvalue weighted by Crippen LogP contribution is -2.23. The quantitative estimate of drug-likeness (QED) is 0.457. The van der Waals surface area contributed by atoms with Crippen molar-refractivity contribution < 1.29 is 14.3 Å². The summed E-state index contributed by atoms with van der Waals surface area (Å²) in [7, 11) is 0. The van der Waals surface area contributed by atoms with Crippen LogP contribution in [0.25, 0.3) is 10.9 Å². The maximum absolute atomic E-state index is 13.2. The molecule has 3 aromatic carbocycles. The molecule has 0 unspecified atom stereocenters. The molecule has 32 heavy (non-hydrogen) atoms. The number of nitrogens with one attached hydrogen (secondary N) is 2. The second kappa shape index (κ2) is 8.23. The van der Waals surface area contributed by atoms with Crippen molar-refractivity contribution >= 4 is 28.3 Å². The SMILES string of the molecule is Cc1cc(C)cc(Nc2cc(C(=O)NCc3ccc4c(c3)OCO4)c3ccccc3n2)c1. The second-order valence-electron chi connectivity index (χ2n) is 7.94. The fraction of sp³-hybridized carbons (Fsp3) is 0.154. The zero-order valence-electron chi connectivity index (χ0n) is 17.9. The molecule has 1 amide bonds. The summed E-state index contributed by atoms with van der Waals surface area (Å²) in [6.07, 6.45) is 0. The van der Waals surface area contributed by atoms with E-state index in [1.807, 2.05) is 42.5 Å². The number of hydrogen-bond donors (Lipinski definition) is 2. The molecule has 0 atom stereocenters. The molecule has 0 spiro atoms. The Morgan fingerprint density at radius 2 is 1.72 bits per heavy atom. The molecule has 2 heterocycles. The van der Waals surface area contributed by atoms with Crippen molar-refractivity contribution in [2.24, 2.45) is 0 Å². The van der Waals surface area contributed by atoms with Crippen LogP contribution in [0, 0.1) is 13.8 Å². The van der Waals surface area contributed by atoms with Gasteiger partial charge >= 0.3 is 0 Å². The fourth-order valence-corrected chi connectivity index (χ4v) is 3.95. The zero-order valence-corrected chi connectivity index (χ0v) is 17.9. The minimum Gasteiger partial charge on any atom is -0.454 e. The van der Waals surface area contributed by atoms with Gasteiger partial charge in [0.05, 0.1) is 11.1 Å². The molecule has 0 aliphatic carbocycles. The van der Waals surface area contributed by atoms with Crippen LogP contribution in [-0.4, -0.2) is 17.7 Å². The van der Waals surface area contributed by atoms with Crippen LogP contribution in [0.4, 0.5) is 11.5 Å². The van der Waals surface area contributed by atoms with E-state index in [2.05, 4.69) is 42.7 Å². The molecule has 0 fully saturated rings. The fourth-order valence-electron chi connectivity index (χ4n) is 3.95. The summed E-state index contributed by atoms with van der Waals surface area (Å²) in [5.41, 5.74) is 5.54. The second-order valence-corrected chi connectivity index (χ2v) is 7.94. The van der Waals surface area contributed by atoms with Gasteiger partial charge in [0.25, 0.3) is 5.91 Å². The van der Waals surface area contributed by atoms with E-state index in [1.165, 1.54) is 0 Å². The number of fused-ring (bicyclic) bond motifs is 2. The van der Waals surface area contributed by atoms with Crippen molar-refractivity contribution in [3.63, 3.8) is 0 Å². The Bertz CT molecular complexity index is 1310.